The van der Waals surface area contributed by atoms with E-state index in [1.807, 2.05) is 0 Å². The molecule has 0 radical (unpaired) electrons. The van der Waals surface area contributed by atoms with Gasteiger partial charge in [-0.2, -0.15) is 0 Å². The summed E-state index contributed by atoms with van der Waals surface area (Å²) in [5.41, 5.74) is 6.08. The van der Waals surface area contributed by atoms with E-state index in [0.29, 0.717) is 17.0 Å². The Balaban J connectivity index is 2.14. The summed E-state index contributed by atoms with van der Waals surface area (Å²) in [4.78, 5) is 10.3. The second-order valence-electron chi connectivity index (χ2n) is 4.26. The molecule has 2 atom stereocenters. The maximum Gasteiger partial charge on any atom is 0.150 e. The summed E-state index contributed by atoms with van der Waals surface area (Å²) in [5, 5.41) is 0.618. The van der Waals surface area contributed by atoms with Gasteiger partial charge in [-0.15, -0.1) is 0 Å². The third-order valence-electron chi connectivity index (χ3n) is 3.26. The molecule has 1 fully saturated rings. The van der Waals surface area contributed by atoms with E-state index in [2.05, 4.69) is 21.8 Å². The fourth-order valence-corrected chi connectivity index (χ4v) is 2.44. The van der Waals surface area contributed by atoms with Gasteiger partial charge in [0.2, 0.25) is 0 Å². The monoisotopic (exact) mass is 240 g/mol. The van der Waals surface area contributed by atoms with Gasteiger partial charge >= 0.3 is 0 Å². The molecule has 0 aliphatic carbocycles. The fourth-order valence-electron chi connectivity index (χ4n) is 2.21. The van der Waals surface area contributed by atoms with E-state index in [-0.39, 0.29) is 0 Å². The number of piperidine rings is 1. The van der Waals surface area contributed by atoms with E-state index in [0.717, 1.165) is 31.7 Å². The number of rotatable bonds is 2. The van der Waals surface area contributed by atoms with E-state index in [1.54, 1.807) is 6.20 Å². The van der Waals surface area contributed by atoms with Gasteiger partial charge in [-0.25, -0.2) is 9.97 Å². The molecular formula is C11H17ClN4. The second kappa shape index (κ2) is 4.97. The molecule has 16 heavy (non-hydrogen) atoms. The van der Waals surface area contributed by atoms with E-state index in [1.165, 1.54) is 6.33 Å². The van der Waals surface area contributed by atoms with Crippen LogP contribution in [0.15, 0.2) is 12.5 Å². The fraction of sp³-hybridized carbons (Fsp3) is 0.636. The number of aromatic nitrogens is 2. The summed E-state index contributed by atoms with van der Waals surface area (Å²) in [5.74, 6) is 1.36. The summed E-state index contributed by atoms with van der Waals surface area (Å²) >= 11 is 6.09. The molecular weight excluding hydrogens is 224 g/mol. The van der Waals surface area contributed by atoms with Crippen molar-refractivity contribution in [3.8, 4) is 0 Å². The van der Waals surface area contributed by atoms with E-state index in [4.69, 9.17) is 17.3 Å². The van der Waals surface area contributed by atoms with Crippen molar-refractivity contribution in [1.29, 1.82) is 0 Å². The van der Waals surface area contributed by atoms with Crippen molar-refractivity contribution in [1.82, 2.24) is 9.97 Å². The second-order valence-corrected chi connectivity index (χ2v) is 4.67. The lowest BCUT2D eigenvalue weighted by molar-refractivity contribution is 0.347. The van der Waals surface area contributed by atoms with Crippen molar-refractivity contribution < 1.29 is 0 Å². The number of nitrogens with zero attached hydrogens (tertiary/aromatic N) is 3. The Morgan fingerprint density at radius 2 is 2.44 bits per heavy atom. The number of nitrogens with two attached hydrogens (primary N) is 1. The predicted molar refractivity (Wildman–Crippen MR) is 65.6 cm³/mol. The minimum atomic E-state index is 0.307. The van der Waals surface area contributed by atoms with Crippen LogP contribution < -0.4 is 10.6 Å². The number of hydrogen-bond donors (Lipinski definition) is 1. The molecule has 0 amide bonds. The zero-order valence-corrected chi connectivity index (χ0v) is 10.2. The van der Waals surface area contributed by atoms with Gasteiger partial charge in [-0.1, -0.05) is 24.9 Å². The largest absolute Gasteiger partial charge is 0.355 e. The first-order chi connectivity index (χ1) is 7.72. The average molecular weight is 241 g/mol. The minimum Gasteiger partial charge on any atom is -0.355 e. The maximum atomic E-state index is 6.09. The summed E-state index contributed by atoms with van der Waals surface area (Å²) < 4.78 is 0. The normalized spacial score (nSPS) is 25.8. The highest BCUT2D eigenvalue weighted by molar-refractivity contribution is 6.32. The van der Waals surface area contributed by atoms with Crippen molar-refractivity contribution in [3.05, 3.63) is 17.5 Å². The molecule has 0 bridgehead atoms. The Labute approximate surface area is 101 Å². The standard InChI is InChI=1S/C11H17ClN4/c1-2-8-6-16(4-3-10(8)13)11-9(12)5-14-7-15-11/h5,7-8,10H,2-4,6,13H2,1H3. The van der Waals surface area contributed by atoms with Crippen LogP contribution in [0, 0.1) is 5.92 Å². The quantitative estimate of drug-likeness (QED) is 0.855. The molecule has 1 aliphatic rings. The third kappa shape index (κ3) is 2.28. The lowest BCUT2D eigenvalue weighted by Crippen LogP contribution is -2.47. The first-order valence-corrected chi connectivity index (χ1v) is 6.06. The molecule has 4 nitrogen and oxygen atoms in total. The van der Waals surface area contributed by atoms with Gasteiger partial charge in [0.15, 0.2) is 5.82 Å². The van der Waals surface area contributed by atoms with Crippen molar-refractivity contribution in [2.75, 3.05) is 18.0 Å². The van der Waals surface area contributed by atoms with Crippen LogP contribution in [0.4, 0.5) is 5.82 Å². The van der Waals surface area contributed by atoms with Gasteiger partial charge in [0.1, 0.15) is 11.3 Å². The van der Waals surface area contributed by atoms with Crippen LogP contribution >= 0.6 is 11.6 Å². The molecule has 2 N–H and O–H groups in total. The van der Waals surface area contributed by atoms with Crippen molar-refractivity contribution in [2.24, 2.45) is 11.7 Å². The lowest BCUT2D eigenvalue weighted by atomic mass is 9.91. The minimum absolute atomic E-state index is 0.307. The van der Waals surface area contributed by atoms with Gasteiger partial charge in [0.05, 0.1) is 6.20 Å². The Hall–Kier alpha value is -0.870. The molecule has 0 aromatic carbocycles. The first-order valence-electron chi connectivity index (χ1n) is 5.68. The Kier molecular flexibility index (Phi) is 3.61. The molecule has 2 unspecified atom stereocenters. The van der Waals surface area contributed by atoms with Crippen LogP contribution in [0.2, 0.25) is 5.02 Å². The topological polar surface area (TPSA) is 55.0 Å². The van der Waals surface area contributed by atoms with Crippen LogP contribution in [0.5, 0.6) is 0 Å². The summed E-state index contributed by atoms with van der Waals surface area (Å²) in [6.45, 7) is 4.04. The molecule has 2 rings (SSSR count). The molecule has 88 valence electrons. The average Bonchev–Trinajstić information content (AvgIpc) is 2.31. The Morgan fingerprint density at radius 3 is 3.12 bits per heavy atom. The van der Waals surface area contributed by atoms with Crippen molar-refractivity contribution in [2.45, 2.75) is 25.8 Å². The van der Waals surface area contributed by atoms with Gasteiger partial charge in [-0.05, 0) is 12.3 Å². The molecule has 1 saturated heterocycles. The van der Waals surface area contributed by atoms with Crippen LogP contribution in [0.25, 0.3) is 0 Å². The smallest absolute Gasteiger partial charge is 0.150 e. The molecule has 0 saturated carbocycles. The van der Waals surface area contributed by atoms with Gasteiger partial charge in [0.25, 0.3) is 0 Å². The van der Waals surface area contributed by atoms with Crippen LogP contribution in [-0.2, 0) is 0 Å². The lowest BCUT2D eigenvalue weighted by Gasteiger charge is -2.37. The first kappa shape index (κ1) is 11.6. The molecule has 1 aromatic rings. The predicted octanol–water partition coefficient (Wildman–Crippen LogP) is 1.69. The number of halogens is 1. The highest BCUT2D eigenvalue weighted by Gasteiger charge is 2.26. The zero-order valence-electron chi connectivity index (χ0n) is 9.43. The zero-order chi connectivity index (χ0) is 11.5. The van der Waals surface area contributed by atoms with Crippen molar-refractivity contribution in [3.63, 3.8) is 0 Å². The Bertz CT molecular complexity index is 358. The summed E-state index contributed by atoms with van der Waals surface area (Å²) in [6, 6.07) is 0.307. The van der Waals surface area contributed by atoms with E-state index < -0.39 is 0 Å². The third-order valence-corrected chi connectivity index (χ3v) is 3.53. The number of anilines is 1. The van der Waals surface area contributed by atoms with Crippen LogP contribution in [0.1, 0.15) is 19.8 Å². The highest BCUT2D eigenvalue weighted by Crippen LogP contribution is 2.27. The number of hydrogen-bond acceptors (Lipinski definition) is 4. The van der Waals surface area contributed by atoms with Gasteiger partial charge < -0.3 is 10.6 Å². The molecule has 2 heterocycles. The van der Waals surface area contributed by atoms with Crippen molar-refractivity contribution >= 4 is 17.4 Å². The molecule has 1 aliphatic heterocycles. The SMILES string of the molecule is CCC1CN(c2ncncc2Cl)CCC1N. The Morgan fingerprint density at radius 1 is 1.62 bits per heavy atom. The van der Waals surface area contributed by atoms with Gasteiger partial charge in [0, 0.05) is 19.1 Å². The molecule has 0 spiro atoms. The van der Waals surface area contributed by atoms with E-state index in [9.17, 15) is 0 Å². The summed E-state index contributed by atoms with van der Waals surface area (Å²) in [7, 11) is 0. The molecule has 5 heteroatoms. The van der Waals surface area contributed by atoms with E-state index >= 15 is 0 Å². The van der Waals surface area contributed by atoms with Crippen LogP contribution in [0.3, 0.4) is 0 Å². The van der Waals surface area contributed by atoms with Crippen LogP contribution in [-0.4, -0.2) is 29.1 Å². The maximum absolute atomic E-state index is 6.09. The summed E-state index contributed by atoms with van der Waals surface area (Å²) in [6.07, 6.45) is 5.27. The highest BCUT2D eigenvalue weighted by atomic mass is 35.5. The molecule has 1 aromatic heterocycles. The van der Waals surface area contributed by atoms with Gasteiger partial charge in [-0.3, -0.25) is 0 Å².